The van der Waals surface area contributed by atoms with E-state index in [4.69, 9.17) is 4.52 Å². The Balaban J connectivity index is 1.66. The summed E-state index contributed by atoms with van der Waals surface area (Å²) in [6, 6.07) is 7.53. The summed E-state index contributed by atoms with van der Waals surface area (Å²) in [5.74, 6) is 0.637. The molecule has 1 fully saturated rings. The van der Waals surface area contributed by atoms with Crippen molar-refractivity contribution in [3.8, 4) is 0 Å². The van der Waals surface area contributed by atoms with Crippen LogP contribution in [0.5, 0.6) is 0 Å². The topological polar surface area (TPSA) is 55.1 Å². The molecule has 1 amide bonds. The van der Waals surface area contributed by atoms with E-state index in [1.54, 1.807) is 18.2 Å². The second kappa shape index (κ2) is 5.07. The van der Waals surface area contributed by atoms with Crippen LogP contribution in [0.1, 0.15) is 53.5 Å². The highest BCUT2D eigenvalue weighted by molar-refractivity contribution is 5.92. The Morgan fingerprint density at radius 3 is 2.75 bits per heavy atom. The molecule has 1 saturated carbocycles. The zero-order valence-corrected chi connectivity index (χ0v) is 11.1. The lowest BCUT2D eigenvalue weighted by atomic mass is 10.1. The van der Waals surface area contributed by atoms with E-state index in [0.29, 0.717) is 11.6 Å². The van der Waals surface area contributed by atoms with Crippen LogP contribution in [0.3, 0.4) is 0 Å². The van der Waals surface area contributed by atoms with Crippen molar-refractivity contribution in [1.29, 1.82) is 0 Å². The molecule has 0 saturated heterocycles. The van der Waals surface area contributed by atoms with Crippen LogP contribution in [0.4, 0.5) is 4.39 Å². The summed E-state index contributed by atoms with van der Waals surface area (Å²) in [6.45, 7) is 1.84. The van der Waals surface area contributed by atoms with Crippen molar-refractivity contribution < 1.29 is 13.7 Å². The second-order valence-corrected chi connectivity index (χ2v) is 5.14. The van der Waals surface area contributed by atoms with Crippen molar-refractivity contribution in [3.63, 3.8) is 0 Å². The predicted octanol–water partition coefficient (Wildman–Crippen LogP) is 3.18. The molecular weight excluding hydrogens is 259 g/mol. The fourth-order valence-electron chi connectivity index (χ4n) is 2.06. The molecule has 1 atom stereocenters. The number of hydrogen-bond acceptors (Lipinski definition) is 3. The van der Waals surface area contributed by atoms with E-state index >= 15 is 0 Å². The van der Waals surface area contributed by atoms with Gasteiger partial charge in [0.1, 0.15) is 11.6 Å². The van der Waals surface area contributed by atoms with Crippen LogP contribution in [-0.2, 0) is 0 Å². The van der Waals surface area contributed by atoms with Crippen LogP contribution in [0.25, 0.3) is 0 Å². The van der Waals surface area contributed by atoms with Crippen molar-refractivity contribution in [2.45, 2.75) is 31.7 Å². The molecule has 4 nitrogen and oxygen atoms in total. The molecule has 5 heteroatoms. The van der Waals surface area contributed by atoms with E-state index in [-0.39, 0.29) is 17.8 Å². The van der Waals surface area contributed by atoms with Gasteiger partial charge in [-0.25, -0.2) is 4.39 Å². The van der Waals surface area contributed by atoms with Crippen molar-refractivity contribution in [2.24, 2.45) is 0 Å². The SMILES string of the molecule is CC(NC(=O)c1cc(C2CC2)on1)c1ccc(F)cc1. The van der Waals surface area contributed by atoms with Crippen molar-refractivity contribution in [3.05, 3.63) is 53.2 Å². The average Bonchev–Trinajstić information content (AvgIpc) is 3.17. The minimum Gasteiger partial charge on any atom is -0.360 e. The maximum atomic E-state index is 12.9. The smallest absolute Gasteiger partial charge is 0.273 e. The third-order valence-corrected chi connectivity index (χ3v) is 3.46. The summed E-state index contributed by atoms with van der Waals surface area (Å²) in [4.78, 5) is 12.0. The van der Waals surface area contributed by atoms with Gasteiger partial charge in [-0.05, 0) is 37.5 Å². The number of carbonyl (C=O) groups is 1. The van der Waals surface area contributed by atoms with E-state index in [9.17, 15) is 9.18 Å². The molecular formula is C15H15FN2O2. The van der Waals surface area contributed by atoms with Crippen LogP contribution in [-0.4, -0.2) is 11.1 Å². The normalized spacial score (nSPS) is 15.9. The lowest BCUT2D eigenvalue weighted by Gasteiger charge is -2.12. The number of aromatic nitrogens is 1. The highest BCUT2D eigenvalue weighted by Gasteiger charge is 2.29. The highest BCUT2D eigenvalue weighted by Crippen LogP contribution is 2.40. The first-order valence-electron chi connectivity index (χ1n) is 6.66. The van der Waals surface area contributed by atoms with E-state index in [2.05, 4.69) is 10.5 Å². The zero-order chi connectivity index (χ0) is 14.1. The second-order valence-electron chi connectivity index (χ2n) is 5.14. The lowest BCUT2D eigenvalue weighted by Crippen LogP contribution is -2.26. The van der Waals surface area contributed by atoms with Gasteiger partial charge in [-0.3, -0.25) is 4.79 Å². The van der Waals surface area contributed by atoms with Crippen LogP contribution in [0.15, 0.2) is 34.9 Å². The Kier molecular flexibility index (Phi) is 3.26. The van der Waals surface area contributed by atoms with Gasteiger partial charge in [-0.1, -0.05) is 17.3 Å². The molecule has 3 rings (SSSR count). The number of carbonyl (C=O) groups excluding carboxylic acids is 1. The molecule has 1 unspecified atom stereocenters. The maximum Gasteiger partial charge on any atom is 0.273 e. The summed E-state index contributed by atoms with van der Waals surface area (Å²) < 4.78 is 18.0. The van der Waals surface area contributed by atoms with E-state index in [1.165, 1.54) is 12.1 Å². The molecule has 0 bridgehead atoms. The monoisotopic (exact) mass is 274 g/mol. The molecule has 104 valence electrons. The molecule has 1 aliphatic rings. The summed E-state index contributed by atoms with van der Waals surface area (Å²) in [5, 5.41) is 6.61. The van der Waals surface area contributed by atoms with Crippen molar-refractivity contribution >= 4 is 5.91 Å². The quantitative estimate of drug-likeness (QED) is 0.931. The first kappa shape index (κ1) is 12.8. The number of nitrogens with one attached hydrogen (secondary N) is 1. The van der Waals surface area contributed by atoms with E-state index < -0.39 is 0 Å². The Labute approximate surface area is 116 Å². The third-order valence-electron chi connectivity index (χ3n) is 3.46. The van der Waals surface area contributed by atoms with Crippen molar-refractivity contribution in [1.82, 2.24) is 10.5 Å². The molecule has 20 heavy (non-hydrogen) atoms. The zero-order valence-electron chi connectivity index (χ0n) is 11.1. The number of nitrogens with zero attached hydrogens (tertiary/aromatic N) is 1. The van der Waals surface area contributed by atoms with Crippen molar-refractivity contribution in [2.75, 3.05) is 0 Å². The van der Waals surface area contributed by atoms with Gasteiger partial charge in [-0.15, -0.1) is 0 Å². The first-order chi connectivity index (χ1) is 9.63. The first-order valence-corrected chi connectivity index (χ1v) is 6.66. The van der Waals surface area contributed by atoms with Gasteiger partial charge in [0.05, 0.1) is 6.04 Å². The largest absolute Gasteiger partial charge is 0.360 e. The standard InChI is InChI=1S/C15H15FN2O2/c1-9(10-4-6-12(16)7-5-10)17-15(19)13-8-14(20-18-13)11-2-3-11/h4-9,11H,2-3H2,1H3,(H,17,19). The average molecular weight is 274 g/mol. The fraction of sp³-hybridized carbons (Fsp3) is 0.333. The fourth-order valence-corrected chi connectivity index (χ4v) is 2.06. The number of benzene rings is 1. The van der Waals surface area contributed by atoms with Gasteiger partial charge in [0.2, 0.25) is 0 Å². The maximum absolute atomic E-state index is 12.9. The number of amides is 1. The van der Waals surface area contributed by atoms with Crippen LogP contribution in [0.2, 0.25) is 0 Å². The summed E-state index contributed by atoms with van der Waals surface area (Å²) >= 11 is 0. The molecule has 0 radical (unpaired) electrons. The van der Waals surface area contributed by atoms with Crippen LogP contribution >= 0.6 is 0 Å². The van der Waals surface area contributed by atoms with Gasteiger partial charge in [-0.2, -0.15) is 0 Å². The van der Waals surface area contributed by atoms with Gasteiger partial charge in [0, 0.05) is 12.0 Å². The number of halogens is 1. The van der Waals surface area contributed by atoms with Gasteiger partial charge in [0.25, 0.3) is 5.91 Å². The summed E-state index contributed by atoms with van der Waals surface area (Å²) in [7, 11) is 0. The Morgan fingerprint density at radius 1 is 1.40 bits per heavy atom. The molecule has 1 aromatic heterocycles. The Morgan fingerprint density at radius 2 is 2.10 bits per heavy atom. The minimum absolute atomic E-state index is 0.218. The lowest BCUT2D eigenvalue weighted by molar-refractivity contribution is 0.0930. The number of rotatable bonds is 4. The minimum atomic E-state index is -0.294. The highest BCUT2D eigenvalue weighted by atomic mass is 19.1. The molecule has 1 N–H and O–H groups in total. The molecule has 1 aliphatic carbocycles. The van der Waals surface area contributed by atoms with E-state index in [0.717, 1.165) is 24.2 Å². The number of hydrogen-bond donors (Lipinski definition) is 1. The molecule has 2 aromatic rings. The van der Waals surface area contributed by atoms with E-state index in [1.807, 2.05) is 6.92 Å². The molecule has 0 aliphatic heterocycles. The van der Waals surface area contributed by atoms with Gasteiger partial charge >= 0.3 is 0 Å². The molecule has 1 aromatic carbocycles. The van der Waals surface area contributed by atoms with Gasteiger partial charge < -0.3 is 9.84 Å². The third kappa shape index (κ3) is 2.71. The summed E-state index contributed by atoms with van der Waals surface area (Å²) in [5.41, 5.74) is 1.13. The molecule has 0 spiro atoms. The summed E-state index contributed by atoms with van der Waals surface area (Å²) in [6.07, 6.45) is 2.20. The Bertz CT molecular complexity index is 617. The van der Waals surface area contributed by atoms with Crippen LogP contribution in [0, 0.1) is 5.82 Å². The molecule has 1 heterocycles. The predicted molar refractivity (Wildman–Crippen MR) is 70.8 cm³/mol. The Hall–Kier alpha value is -2.17. The van der Waals surface area contributed by atoms with Crippen LogP contribution < -0.4 is 5.32 Å². The van der Waals surface area contributed by atoms with Gasteiger partial charge in [0.15, 0.2) is 5.69 Å².